The highest BCUT2D eigenvalue weighted by atomic mass is 35.5. The van der Waals surface area contributed by atoms with E-state index < -0.39 is 5.79 Å². The maximum atomic E-state index is 6.12. The van der Waals surface area contributed by atoms with Crippen molar-refractivity contribution in [3.8, 4) is 12.3 Å². The normalized spacial score (nSPS) is 26.7. The fourth-order valence-electron chi connectivity index (χ4n) is 2.01. The van der Waals surface area contributed by atoms with Crippen LogP contribution >= 0.6 is 11.6 Å². The summed E-state index contributed by atoms with van der Waals surface area (Å²) in [4.78, 5) is 0. The molecule has 0 aromatic heterocycles. The Morgan fingerprint density at radius 3 is 2.71 bits per heavy atom. The van der Waals surface area contributed by atoms with E-state index in [0.29, 0.717) is 6.42 Å². The van der Waals surface area contributed by atoms with Gasteiger partial charge in [0.2, 0.25) is 0 Å². The van der Waals surface area contributed by atoms with Crippen molar-refractivity contribution in [2.24, 2.45) is 0 Å². The fourth-order valence-corrected chi connectivity index (χ4v) is 2.22. The molecule has 0 aliphatic carbocycles. The molecule has 0 N–H and O–H groups in total. The highest BCUT2D eigenvalue weighted by Crippen LogP contribution is 2.31. The molecule has 1 aliphatic rings. The third-order valence-electron chi connectivity index (χ3n) is 2.73. The highest BCUT2D eigenvalue weighted by Gasteiger charge is 2.40. The Labute approximate surface area is 107 Å². The van der Waals surface area contributed by atoms with E-state index in [1.165, 1.54) is 0 Å². The molecule has 2 nitrogen and oxygen atoms in total. The van der Waals surface area contributed by atoms with Gasteiger partial charge in [0.05, 0.1) is 0 Å². The predicted molar refractivity (Wildman–Crippen MR) is 67.8 cm³/mol. The van der Waals surface area contributed by atoms with Crippen LogP contribution in [0.3, 0.4) is 0 Å². The Kier molecular flexibility index (Phi) is 3.44. The van der Waals surface area contributed by atoms with E-state index in [4.69, 9.17) is 27.5 Å². The van der Waals surface area contributed by atoms with Gasteiger partial charge in [-0.2, -0.15) is 0 Å². The summed E-state index contributed by atoms with van der Waals surface area (Å²) < 4.78 is 11.4. The molecule has 17 heavy (non-hydrogen) atoms. The van der Waals surface area contributed by atoms with Crippen molar-refractivity contribution in [2.75, 3.05) is 0 Å². The molecule has 3 heteroatoms. The predicted octanol–water partition coefficient (Wildman–Crippen LogP) is 3.04. The molecule has 90 valence electrons. The number of rotatable bonds is 2. The summed E-state index contributed by atoms with van der Waals surface area (Å²) in [5, 5.41) is 0.733. The van der Waals surface area contributed by atoms with Crippen molar-refractivity contribution in [3.63, 3.8) is 0 Å². The summed E-state index contributed by atoms with van der Waals surface area (Å²) in [6, 6.07) is 7.70. The molecular formula is C14H15ClO2. The van der Waals surface area contributed by atoms with Crippen LogP contribution in [0.4, 0.5) is 0 Å². The molecule has 0 unspecified atom stereocenters. The minimum atomic E-state index is -0.622. The average Bonchev–Trinajstić information content (AvgIpc) is 2.56. The van der Waals surface area contributed by atoms with Crippen LogP contribution in [0.5, 0.6) is 0 Å². The molecular weight excluding hydrogens is 236 g/mol. The van der Waals surface area contributed by atoms with Crippen LogP contribution in [0.15, 0.2) is 24.3 Å². The summed E-state index contributed by atoms with van der Waals surface area (Å²) in [6.07, 6.45) is 5.65. The number of hydrogen-bond acceptors (Lipinski definition) is 2. The van der Waals surface area contributed by atoms with Crippen LogP contribution < -0.4 is 0 Å². The van der Waals surface area contributed by atoms with Gasteiger partial charge in [-0.05, 0) is 25.5 Å². The van der Waals surface area contributed by atoms with Crippen molar-refractivity contribution in [2.45, 2.75) is 38.3 Å². The van der Waals surface area contributed by atoms with E-state index in [2.05, 4.69) is 5.92 Å². The van der Waals surface area contributed by atoms with Gasteiger partial charge >= 0.3 is 0 Å². The quantitative estimate of drug-likeness (QED) is 0.752. The minimum Gasteiger partial charge on any atom is -0.343 e. The zero-order valence-electron chi connectivity index (χ0n) is 9.94. The van der Waals surface area contributed by atoms with Gasteiger partial charge in [-0.25, -0.2) is 0 Å². The fraction of sp³-hybridized carbons (Fsp3) is 0.429. The molecule has 2 atom stereocenters. The van der Waals surface area contributed by atoms with Crippen molar-refractivity contribution >= 4 is 11.6 Å². The van der Waals surface area contributed by atoms with E-state index >= 15 is 0 Å². The molecule has 0 saturated carbocycles. The van der Waals surface area contributed by atoms with Crippen LogP contribution in [-0.2, 0) is 15.9 Å². The molecule has 1 saturated heterocycles. The maximum Gasteiger partial charge on any atom is 0.165 e. The number of terminal acetylenes is 1. The lowest BCUT2D eigenvalue weighted by molar-refractivity contribution is -0.142. The average molecular weight is 251 g/mol. The van der Waals surface area contributed by atoms with Gasteiger partial charge in [-0.3, -0.25) is 0 Å². The molecule has 1 heterocycles. The molecule has 1 aliphatic heterocycles. The van der Waals surface area contributed by atoms with Gasteiger partial charge in [-0.1, -0.05) is 35.7 Å². The van der Waals surface area contributed by atoms with Crippen molar-refractivity contribution in [1.29, 1.82) is 0 Å². The summed E-state index contributed by atoms with van der Waals surface area (Å²) in [5.41, 5.74) is 1.03. The van der Waals surface area contributed by atoms with Gasteiger partial charge < -0.3 is 9.47 Å². The Morgan fingerprint density at radius 1 is 1.35 bits per heavy atom. The number of halogens is 1. The second-order valence-corrected chi connectivity index (χ2v) is 4.96. The van der Waals surface area contributed by atoms with Crippen molar-refractivity contribution in [1.82, 2.24) is 0 Å². The first-order chi connectivity index (χ1) is 8.02. The van der Waals surface area contributed by atoms with Crippen LogP contribution in [0.25, 0.3) is 0 Å². The van der Waals surface area contributed by atoms with E-state index in [-0.39, 0.29) is 12.2 Å². The first-order valence-electron chi connectivity index (χ1n) is 5.57. The Morgan fingerprint density at radius 2 is 2.06 bits per heavy atom. The second-order valence-electron chi connectivity index (χ2n) is 4.56. The lowest BCUT2D eigenvalue weighted by atomic mass is 10.0. The summed E-state index contributed by atoms with van der Waals surface area (Å²) >= 11 is 6.12. The molecule has 2 rings (SSSR count). The largest absolute Gasteiger partial charge is 0.343 e. The van der Waals surface area contributed by atoms with E-state index in [0.717, 1.165) is 10.6 Å². The Hall–Kier alpha value is -1.01. The first kappa shape index (κ1) is 12.4. The Balaban J connectivity index is 2.14. The first-order valence-corrected chi connectivity index (χ1v) is 5.95. The van der Waals surface area contributed by atoms with E-state index in [9.17, 15) is 0 Å². The third-order valence-corrected chi connectivity index (χ3v) is 3.10. The van der Waals surface area contributed by atoms with Gasteiger partial charge in [0, 0.05) is 11.4 Å². The lowest BCUT2D eigenvalue weighted by Gasteiger charge is -2.16. The molecule has 0 bridgehead atoms. The number of benzene rings is 1. The maximum absolute atomic E-state index is 6.12. The van der Waals surface area contributed by atoms with Crippen LogP contribution in [0, 0.1) is 12.3 Å². The van der Waals surface area contributed by atoms with Gasteiger partial charge in [0.1, 0.15) is 12.2 Å². The molecule has 1 aromatic carbocycles. The lowest BCUT2D eigenvalue weighted by Crippen LogP contribution is -2.23. The monoisotopic (exact) mass is 250 g/mol. The van der Waals surface area contributed by atoms with E-state index in [1.54, 1.807) is 0 Å². The summed E-state index contributed by atoms with van der Waals surface area (Å²) in [5.74, 6) is 2.00. The third kappa shape index (κ3) is 2.81. The van der Waals surface area contributed by atoms with Gasteiger partial charge in [0.15, 0.2) is 5.79 Å². The molecule has 0 amide bonds. The standard InChI is InChI=1S/C14H15ClO2/c1-4-12-13(17-14(2,3)16-12)9-10-7-5-6-8-11(10)15/h1,5-8,12-13H,9H2,2-3H3/t12-,13-/m0/s1. The summed E-state index contributed by atoms with van der Waals surface area (Å²) in [6.45, 7) is 3.73. The van der Waals surface area contributed by atoms with E-state index in [1.807, 2.05) is 38.1 Å². The minimum absolute atomic E-state index is 0.144. The van der Waals surface area contributed by atoms with Gasteiger partial charge in [-0.15, -0.1) is 6.42 Å². The SMILES string of the molecule is C#C[C@@H]1OC(C)(C)O[C@H]1Cc1ccccc1Cl. The molecule has 1 aromatic rings. The second kappa shape index (κ2) is 4.70. The zero-order valence-corrected chi connectivity index (χ0v) is 10.7. The zero-order chi connectivity index (χ0) is 12.5. The van der Waals surface area contributed by atoms with Crippen molar-refractivity contribution < 1.29 is 9.47 Å². The van der Waals surface area contributed by atoms with Crippen LogP contribution in [-0.4, -0.2) is 18.0 Å². The van der Waals surface area contributed by atoms with Crippen LogP contribution in [0.2, 0.25) is 5.02 Å². The Bertz CT molecular complexity index is 448. The molecule has 0 radical (unpaired) electrons. The number of ether oxygens (including phenoxy) is 2. The molecule has 1 fully saturated rings. The van der Waals surface area contributed by atoms with Crippen LogP contribution in [0.1, 0.15) is 19.4 Å². The highest BCUT2D eigenvalue weighted by molar-refractivity contribution is 6.31. The molecule has 0 spiro atoms. The smallest absolute Gasteiger partial charge is 0.165 e. The topological polar surface area (TPSA) is 18.5 Å². The van der Waals surface area contributed by atoms with Crippen molar-refractivity contribution in [3.05, 3.63) is 34.9 Å². The summed E-state index contributed by atoms with van der Waals surface area (Å²) in [7, 11) is 0. The van der Waals surface area contributed by atoms with Gasteiger partial charge in [0.25, 0.3) is 0 Å². The number of hydrogen-bond donors (Lipinski definition) is 0.